The Morgan fingerprint density at radius 1 is 1.45 bits per heavy atom. The van der Waals surface area contributed by atoms with Crippen molar-refractivity contribution in [1.82, 2.24) is 4.98 Å². The minimum atomic E-state index is -0.886. The number of ether oxygens (including phenoxy) is 2. The number of H-pyrrole nitrogens is 1. The summed E-state index contributed by atoms with van der Waals surface area (Å²) in [7, 11) is 2.84. The largest absolute Gasteiger partial charge is 0.497 e. The van der Waals surface area contributed by atoms with Crippen molar-refractivity contribution in [3.8, 4) is 5.75 Å². The van der Waals surface area contributed by atoms with E-state index in [4.69, 9.17) is 4.74 Å². The van der Waals surface area contributed by atoms with E-state index in [9.17, 15) is 9.59 Å². The number of nitrogens with zero attached hydrogens (tertiary/aromatic N) is 1. The number of benzene rings is 1. The van der Waals surface area contributed by atoms with E-state index in [0.29, 0.717) is 5.75 Å². The monoisotopic (exact) mass is 274 g/mol. The first-order valence-corrected chi connectivity index (χ1v) is 5.98. The lowest BCUT2D eigenvalue weighted by Gasteiger charge is -2.07. The summed E-state index contributed by atoms with van der Waals surface area (Å²) in [5, 5.41) is 0.916. The maximum absolute atomic E-state index is 11.6. The molecule has 0 bridgehead atoms. The number of carbonyl (C=O) groups is 1. The van der Waals surface area contributed by atoms with E-state index in [1.165, 1.54) is 13.2 Å². The van der Waals surface area contributed by atoms with Gasteiger partial charge in [-0.2, -0.15) is 4.99 Å². The van der Waals surface area contributed by atoms with Crippen molar-refractivity contribution >= 4 is 23.0 Å². The van der Waals surface area contributed by atoms with Gasteiger partial charge < -0.3 is 14.5 Å². The number of isocyanates is 1. The molecular formula is C14H14N2O4. The Bertz CT molecular complexity index is 671. The van der Waals surface area contributed by atoms with Crippen LogP contribution in [0.1, 0.15) is 5.56 Å². The van der Waals surface area contributed by atoms with Gasteiger partial charge in [0.25, 0.3) is 0 Å². The molecule has 0 amide bonds. The van der Waals surface area contributed by atoms with Crippen molar-refractivity contribution in [2.45, 2.75) is 12.5 Å². The highest BCUT2D eigenvalue weighted by Gasteiger charge is 2.20. The van der Waals surface area contributed by atoms with Crippen LogP contribution in [0.4, 0.5) is 0 Å². The van der Waals surface area contributed by atoms with Gasteiger partial charge >= 0.3 is 5.97 Å². The Morgan fingerprint density at radius 3 is 2.90 bits per heavy atom. The minimum absolute atomic E-state index is 0.259. The molecule has 6 heteroatoms. The van der Waals surface area contributed by atoms with E-state index in [1.807, 2.05) is 18.2 Å². The predicted octanol–water partition coefficient (Wildman–Crippen LogP) is 1.60. The van der Waals surface area contributed by atoms with E-state index in [0.717, 1.165) is 16.5 Å². The highest BCUT2D eigenvalue weighted by atomic mass is 16.5. The van der Waals surface area contributed by atoms with E-state index in [2.05, 4.69) is 14.7 Å². The third-order valence-corrected chi connectivity index (χ3v) is 3.07. The van der Waals surface area contributed by atoms with Crippen molar-refractivity contribution < 1.29 is 19.1 Å². The molecule has 2 rings (SSSR count). The average Bonchev–Trinajstić information content (AvgIpc) is 2.88. The maximum Gasteiger partial charge on any atom is 0.331 e. The number of aromatic nitrogens is 1. The molecule has 0 aliphatic carbocycles. The van der Waals surface area contributed by atoms with Gasteiger partial charge in [-0.25, -0.2) is 9.59 Å². The van der Waals surface area contributed by atoms with Gasteiger partial charge in [0.15, 0.2) is 6.04 Å². The second-order valence-electron chi connectivity index (χ2n) is 4.19. The van der Waals surface area contributed by atoms with Gasteiger partial charge in [-0.05, 0) is 23.8 Å². The highest BCUT2D eigenvalue weighted by molar-refractivity contribution is 5.86. The Hall–Kier alpha value is -2.59. The lowest BCUT2D eigenvalue weighted by molar-refractivity contribution is -0.142. The van der Waals surface area contributed by atoms with Gasteiger partial charge in [0.05, 0.1) is 14.2 Å². The SMILES string of the molecule is COC(=O)[C@H](Cc1c[nH]c2ccc(OC)cc12)N=C=O. The summed E-state index contributed by atoms with van der Waals surface area (Å²) in [5.41, 5.74) is 1.77. The molecule has 1 atom stereocenters. The quantitative estimate of drug-likeness (QED) is 0.510. The van der Waals surface area contributed by atoms with Crippen LogP contribution in [0.15, 0.2) is 29.4 Å². The van der Waals surface area contributed by atoms with Crippen molar-refractivity contribution in [2.75, 3.05) is 14.2 Å². The fourth-order valence-electron chi connectivity index (χ4n) is 2.04. The van der Waals surface area contributed by atoms with E-state index < -0.39 is 12.0 Å². The van der Waals surface area contributed by atoms with Crippen molar-refractivity contribution in [3.63, 3.8) is 0 Å². The van der Waals surface area contributed by atoms with Crippen LogP contribution in [0.3, 0.4) is 0 Å². The summed E-state index contributed by atoms with van der Waals surface area (Å²) >= 11 is 0. The molecule has 1 aromatic heterocycles. The lowest BCUT2D eigenvalue weighted by atomic mass is 10.1. The fourth-order valence-corrected chi connectivity index (χ4v) is 2.04. The molecular weight excluding hydrogens is 260 g/mol. The van der Waals surface area contributed by atoms with Gasteiger partial charge in [-0.15, -0.1) is 0 Å². The summed E-state index contributed by atoms with van der Waals surface area (Å²) in [6.45, 7) is 0. The molecule has 0 radical (unpaired) electrons. The number of fused-ring (bicyclic) bond motifs is 1. The van der Waals surface area contributed by atoms with Crippen LogP contribution in [-0.4, -0.2) is 37.3 Å². The number of rotatable bonds is 5. The number of carbonyl (C=O) groups excluding carboxylic acids is 2. The van der Waals surface area contributed by atoms with E-state index in [1.54, 1.807) is 13.3 Å². The summed E-state index contributed by atoms with van der Waals surface area (Å²) in [6.07, 6.45) is 3.44. The first kappa shape index (κ1) is 13.8. The second kappa shape index (κ2) is 6.04. The summed E-state index contributed by atoms with van der Waals surface area (Å²) in [5.74, 6) is 0.150. The Morgan fingerprint density at radius 2 is 2.25 bits per heavy atom. The van der Waals surface area contributed by atoms with Gasteiger partial charge in [-0.3, -0.25) is 0 Å². The molecule has 0 spiro atoms. The van der Waals surface area contributed by atoms with Crippen LogP contribution in [0, 0.1) is 0 Å². The number of methoxy groups -OCH3 is 2. The first-order chi connectivity index (χ1) is 9.69. The maximum atomic E-state index is 11.6. The lowest BCUT2D eigenvalue weighted by Crippen LogP contribution is -2.22. The fraction of sp³-hybridized carbons (Fsp3) is 0.286. The van der Waals surface area contributed by atoms with Gasteiger partial charge in [0.1, 0.15) is 5.75 Å². The molecule has 0 fully saturated rings. The van der Waals surface area contributed by atoms with Crippen molar-refractivity contribution in [1.29, 1.82) is 0 Å². The summed E-state index contributed by atoms with van der Waals surface area (Å²) in [6, 6.07) is 4.69. The first-order valence-electron chi connectivity index (χ1n) is 5.98. The molecule has 0 saturated carbocycles. The number of nitrogens with one attached hydrogen (secondary N) is 1. The molecule has 104 valence electrons. The van der Waals surface area contributed by atoms with Crippen LogP contribution < -0.4 is 4.74 Å². The molecule has 1 N–H and O–H groups in total. The van der Waals surface area contributed by atoms with Crippen LogP contribution in [0.2, 0.25) is 0 Å². The predicted molar refractivity (Wildman–Crippen MR) is 72.5 cm³/mol. The standard InChI is InChI=1S/C14H14N2O4/c1-19-10-3-4-12-11(6-10)9(7-15-12)5-13(16-8-17)14(18)20-2/h3-4,6-7,13,15H,5H2,1-2H3/t13-/m0/s1. The summed E-state index contributed by atoms with van der Waals surface area (Å²) < 4.78 is 9.80. The Labute approximate surface area is 115 Å². The number of esters is 1. The molecule has 20 heavy (non-hydrogen) atoms. The zero-order valence-corrected chi connectivity index (χ0v) is 11.2. The smallest absolute Gasteiger partial charge is 0.331 e. The third-order valence-electron chi connectivity index (χ3n) is 3.07. The Balaban J connectivity index is 2.36. The molecule has 2 aromatic rings. The van der Waals surface area contributed by atoms with Crippen molar-refractivity contribution in [2.24, 2.45) is 4.99 Å². The van der Waals surface area contributed by atoms with Gasteiger partial charge in [-0.1, -0.05) is 0 Å². The second-order valence-corrected chi connectivity index (χ2v) is 4.19. The Kier molecular flexibility index (Phi) is 4.17. The van der Waals surface area contributed by atoms with E-state index in [-0.39, 0.29) is 6.42 Å². The number of hydrogen-bond donors (Lipinski definition) is 1. The molecule has 0 saturated heterocycles. The summed E-state index contributed by atoms with van der Waals surface area (Å²) in [4.78, 5) is 28.5. The number of hydrogen-bond acceptors (Lipinski definition) is 5. The molecule has 0 aliphatic heterocycles. The molecule has 0 aliphatic rings. The molecule has 1 aromatic carbocycles. The minimum Gasteiger partial charge on any atom is -0.497 e. The number of aliphatic imine (C=N–C) groups is 1. The van der Waals surface area contributed by atoms with Crippen LogP contribution in [-0.2, 0) is 20.7 Å². The third kappa shape index (κ3) is 2.70. The normalized spacial score (nSPS) is 11.7. The van der Waals surface area contributed by atoms with Crippen LogP contribution >= 0.6 is 0 Å². The molecule has 1 heterocycles. The average molecular weight is 274 g/mol. The molecule has 6 nitrogen and oxygen atoms in total. The molecule has 0 unspecified atom stereocenters. The van der Waals surface area contributed by atoms with Crippen LogP contribution in [0.25, 0.3) is 10.9 Å². The number of aromatic amines is 1. The van der Waals surface area contributed by atoms with Crippen LogP contribution in [0.5, 0.6) is 5.75 Å². The van der Waals surface area contributed by atoms with E-state index >= 15 is 0 Å². The van der Waals surface area contributed by atoms with Gasteiger partial charge in [0, 0.05) is 23.5 Å². The van der Waals surface area contributed by atoms with Crippen molar-refractivity contribution in [3.05, 3.63) is 30.0 Å². The topological polar surface area (TPSA) is 80.8 Å². The van der Waals surface area contributed by atoms with Gasteiger partial charge in [0.2, 0.25) is 6.08 Å². The zero-order chi connectivity index (χ0) is 14.5. The zero-order valence-electron chi connectivity index (χ0n) is 11.2. The highest BCUT2D eigenvalue weighted by Crippen LogP contribution is 2.25.